The van der Waals surface area contributed by atoms with Crippen LogP contribution in [0.25, 0.3) is 0 Å². The van der Waals surface area contributed by atoms with Crippen molar-refractivity contribution in [1.29, 1.82) is 0 Å². The van der Waals surface area contributed by atoms with Gasteiger partial charge in [-0.25, -0.2) is 0 Å². The number of guanidine groups is 1. The Balaban J connectivity index is 3.34. The molecule has 0 spiro atoms. The van der Waals surface area contributed by atoms with Gasteiger partial charge >= 0.3 is 0 Å². The summed E-state index contributed by atoms with van der Waals surface area (Å²) in [5.74, 6) is 2.18. The molecule has 0 radical (unpaired) electrons. The molecule has 0 aromatic carbocycles. The second kappa shape index (κ2) is 10.7. The zero-order valence-electron chi connectivity index (χ0n) is 9.60. The fourth-order valence-corrected chi connectivity index (χ4v) is 1.54. The van der Waals surface area contributed by atoms with Gasteiger partial charge in [-0.15, -0.1) is 0 Å². The monoisotopic (exact) mass is 217 g/mol. The first-order valence-electron chi connectivity index (χ1n) is 5.28. The van der Waals surface area contributed by atoms with Crippen LogP contribution in [0.1, 0.15) is 26.2 Å². The van der Waals surface area contributed by atoms with E-state index in [0.717, 1.165) is 25.5 Å². The predicted octanol–water partition coefficient (Wildman–Crippen LogP) is 1.70. The van der Waals surface area contributed by atoms with Crippen molar-refractivity contribution in [1.82, 2.24) is 10.6 Å². The van der Waals surface area contributed by atoms with Gasteiger partial charge in [0, 0.05) is 20.1 Å². The molecule has 0 atom stereocenters. The normalized spacial score (nSPS) is 11.5. The third-order valence-corrected chi connectivity index (χ3v) is 2.53. The smallest absolute Gasteiger partial charge is 0.190 e. The summed E-state index contributed by atoms with van der Waals surface area (Å²) in [6, 6.07) is 0. The van der Waals surface area contributed by atoms with Crippen LogP contribution < -0.4 is 10.6 Å². The Labute approximate surface area is 92.1 Å². The van der Waals surface area contributed by atoms with Crippen LogP contribution in [0.5, 0.6) is 0 Å². The molecule has 0 bridgehead atoms. The zero-order chi connectivity index (χ0) is 10.6. The van der Waals surface area contributed by atoms with E-state index in [-0.39, 0.29) is 0 Å². The number of thioether (sulfide) groups is 1. The lowest BCUT2D eigenvalue weighted by Crippen LogP contribution is -2.38. The SMILES string of the molecule is CCCNC(=NC)NCCCCSC. The number of unbranched alkanes of at least 4 members (excludes halogenated alkanes) is 1. The number of rotatable bonds is 7. The highest BCUT2D eigenvalue weighted by Crippen LogP contribution is 1.97. The second-order valence-electron chi connectivity index (χ2n) is 3.13. The van der Waals surface area contributed by atoms with Gasteiger partial charge in [0.05, 0.1) is 0 Å². The number of hydrogen-bond donors (Lipinski definition) is 2. The van der Waals surface area contributed by atoms with Gasteiger partial charge < -0.3 is 10.6 Å². The molecule has 3 nitrogen and oxygen atoms in total. The first kappa shape index (κ1) is 13.6. The van der Waals surface area contributed by atoms with Crippen molar-refractivity contribution in [2.45, 2.75) is 26.2 Å². The molecular formula is C10H23N3S. The van der Waals surface area contributed by atoms with Gasteiger partial charge in [0.2, 0.25) is 0 Å². The third kappa shape index (κ3) is 8.23. The summed E-state index contributed by atoms with van der Waals surface area (Å²) >= 11 is 1.91. The lowest BCUT2D eigenvalue weighted by atomic mass is 10.3. The van der Waals surface area contributed by atoms with Crippen molar-refractivity contribution in [3.05, 3.63) is 0 Å². The molecule has 0 aliphatic heterocycles. The Morgan fingerprint density at radius 3 is 2.50 bits per heavy atom. The van der Waals surface area contributed by atoms with Crippen molar-refractivity contribution >= 4 is 17.7 Å². The molecule has 84 valence electrons. The maximum Gasteiger partial charge on any atom is 0.190 e. The van der Waals surface area contributed by atoms with Crippen molar-refractivity contribution in [2.24, 2.45) is 4.99 Å². The Bertz CT molecular complexity index is 148. The molecule has 0 heterocycles. The molecule has 0 rings (SSSR count). The van der Waals surface area contributed by atoms with Crippen LogP contribution in [-0.4, -0.2) is 38.1 Å². The lowest BCUT2D eigenvalue weighted by molar-refractivity contribution is 0.727. The fourth-order valence-electron chi connectivity index (χ4n) is 1.04. The third-order valence-electron chi connectivity index (χ3n) is 1.83. The van der Waals surface area contributed by atoms with E-state index in [9.17, 15) is 0 Å². The first-order chi connectivity index (χ1) is 6.85. The molecule has 0 aromatic rings. The molecule has 0 aliphatic carbocycles. The Morgan fingerprint density at radius 2 is 1.93 bits per heavy atom. The van der Waals surface area contributed by atoms with Crippen LogP contribution in [0.3, 0.4) is 0 Å². The molecule has 2 N–H and O–H groups in total. The standard InChI is InChI=1S/C10H23N3S/c1-4-7-12-10(11-2)13-8-5-6-9-14-3/h4-9H2,1-3H3,(H2,11,12,13). The van der Waals surface area contributed by atoms with Crippen molar-refractivity contribution in [3.8, 4) is 0 Å². The summed E-state index contributed by atoms with van der Waals surface area (Å²) in [5.41, 5.74) is 0. The molecule has 14 heavy (non-hydrogen) atoms. The molecule has 0 saturated heterocycles. The summed E-state index contributed by atoms with van der Waals surface area (Å²) < 4.78 is 0. The number of aliphatic imine (C=N–C) groups is 1. The molecule has 0 unspecified atom stereocenters. The topological polar surface area (TPSA) is 36.4 Å². The Kier molecular flexibility index (Phi) is 10.4. The van der Waals surface area contributed by atoms with Crippen LogP contribution in [0.2, 0.25) is 0 Å². The van der Waals surface area contributed by atoms with Crippen molar-refractivity contribution < 1.29 is 0 Å². The number of hydrogen-bond acceptors (Lipinski definition) is 2. The molecule has 4 heteroatoms. The number of nitrogens with one attached hydrogen (secondary N) is 2. The molecule has 0 amide bonds. The van der Waals surface area contributed by atoms with Crippen LogP contribution >= 0.6 is 11.8 Å². The number of nitrogens with zero attached hydrogens (tertiary/aromatic N) is 1. The Hall–Kier alpha value is -0.380. The van der Waals surface area contributed by atoms with E-state index < -0.39 is 0 Å². The van der Waals surface area contributed by atoms with Gasteiger partial charge in [-0.1, -0.05) is 6.92 Å². The van der Waals surface area contributed by atoms with Crippen molar-refractivity contribution in [3.63, 3.8) is 0 Å². The maximum absolute atomic E-state index is 4.13. The van der Waals surface area contributed by atoms with Gasteiger partial charge in [-0.3, -0.25) is 4.99 Å². The molecule has 0 aromatic heterocycles. The first-order valence-corrected chi connectivity index (χ1v) is 6.68. The quantitative estimate of drug-likeness (QED) is 0.387. The van der Waals surface area contributed by atoms with Gasteiger partial charge in [0.25, 0.3) is 0 Å². The summed E-state index contributed by atoms with van der Waals surface area (Å²) in [5, 5.41) is 6.54. The van der Waals surface area contributed by atoms with E-state index in [1.54, 1.807) is 0 Å². The average molecular weight is 217 g/mol. The van der Waals surface area contributed by atoms with Gasteiger partial charge in [-0.2, -0.15) is 11.8 Å². The van der Waals surface area contributed by atoms with Crippen LogP contribution in [-0.2, 0) is 0 Å². The van der Waals surface area contributed by atoms with E-state index in [1.165, 1.54) is 18.6 Å². The molecule has 0 aliphatic rings. The minimum atomic E-state index is 0.927. The summed E-state index contributed by atoms with van der Waals surface area (Å²) in [6.45, 7) is 4.16. The van der Waals surface area contributed by atoms with E-state index in [2.05, 4.69) is 28.8 Å². The van der Waals surface area contributed by atoms with Crippen LogP contribution in [0.4, 0.5) is 0 Å². The lowest BCUT2D eigenvalue weighted by Gasteiger charge is -2.10. The highest BCUT2D eigenvalue weighted by atomic mass is 32.2. The van der Waals surface area contributed by atoms with Crippen LogP contribution in [0.15, 0.2) is 4.99 Å². The molecule has 0 fully saturated rings. The second-order valence-corrected chi connectivity index (χ2v) is 4.11. The van der Waals surface area contributed by atoms with Gasteiger partial charge in [0.15, 0.2) is 5.96 Å². The summed E-state index contributed by atoms with van der Waals surface area (Å²) in [4.78, 5) is 4.13. The Morgan fingerprint density at radius 1 is 1.21 bits per heavy atom. The van der Waals surface area contributed by atoms with E-state index >= 15 is 0 Å². The van der Waals surface area contributed by atoms with Gasteiger partial charge in [0.1, 0.15) is 0 Å². The highest BCUT2D eigenvalue weighted by molar-refractivity contribution is 7.98. The van der Waals surface area contributed by atoms with E-state index in [0.29, 0.717) is 0 Å². The predicted molar refractivity (Wildman–Crippen MR) is 67.3 cm³/mol. The van der Waals surface area contributed by atoms with Gasteiger partial charge in [-0.05, 0) is 31.3 Å². The summed E-state index contributed by atoms with van der Waals surface area (Å²) in [7, 11) is 1.81. The maximum atomic E-state index is 4.13. The summed E-state index contributed by atoms with van der Waals surface area (Å²) in [6.07, 6.45) is 5.77. The average Bonchev–Trinajstić information content (AvgIpc) is 2.22. The van der Waals surface area contributed by atoms with E-state index in [4.69, 9.17) is 0 Å². The van der Waals surface area contributed by atoms with Crippen LogP contribution in [0, 0.1) is 0 Å². The fraction of sp³-hybridized carbons (Fsp3) is 0.900. The molecule has 0 saturated carbocycles. The minimum Gasteiger partial charge on any atom is -0.356 e. The minimum absolute atomic E-state index is 0.927. The molecular weight excluding hydrogens is 194 g/mol. The highest BCUT2D eigenvalue weighted by Gasteiger charge is 1.94. The zero-order valence-corrected chi connectivity index (χ0v) is 10.4. The largest absolute Gasteiger partial charge is 0.356 e. The van der Waals surface area contributed by atoms with E-state index in [1.807, 2.05) is 18.8 Å². The van der Waals surface area contributed by atoms with Crippen molar-refractivity contribution in [2.75, 3.05) is 32.1 Å².